The van der Waals surface area contributed by atoms with Crippen LogP contribution in [-0.2, 0) is 11.3 Å². The Morgan fingerprint density at radius 2 is 2.02 bits per heavy atom. The zero-order chi connectivity index (χ0) is 28.5. The zero-order valence-electron chi connectivity index (χ0n) is 22.5. The Morgan fingerprint density at radius 1 is 1.15 bits per heavy atom. The van der Waals surface area contributed by atoms with Gasteiger partial charge in [-0.25, -0.2) is 14.4 Å². The summed E-state index contributed by atoms with van der Waals surface area (Å²) >= 11 is 1.57. The first kappa shape index (κ1) is 26.8. The van der Waals surface area contributed by atoms with E-state index in [1.807, 2.05) is 18.4 Å². The topological polar surface area (TPSA) is 115 Å². The number of anilines is 1. The molecule has 1 fully saturated rings. The highest BCUT2D eigenvalue weighted by molar-refractivity contribution is 7.17. The maximum absolute atomic E-state index is 14.6. The number of thiophene rings is 1. The molecule has 2 amide bonds. The van der Waals surface area contributed by atoms with Crippen molar-refractivity contribution in [3.8, 4) is 17.2 Å². The fraction of sp³-hybridized carbons (Fsp3) is 0.310. The minimum atomic E-state index is -0.488. The number of aromatic nitrogens is 2. The lowest BCUT2D eigenvalue weighted by molar-refractivity contribution is -0.123. The van der Waals surface area contributed by atoms with Crippen LogP contribution in [0.4, 0.5) is 10.2 Å². The number of aryl methyl sites for hydroxylation is 1. The Morgan fingerprint density at radius 3 is 2.88 bits per heavy atom. The molecule has 0 saturated carbocycles. The first-order valence-corrected chi connectivity index (χ1v) is 14.1. The Labute approximate surface area is 239 Å². The third-order valence-electron chi connectivity index (χ3n) is 7.06. The van der Waals surface area contributed by atoms with E-state index in [-0.39, 0.29) is 24.8 Å². The molecule has 0 spiro atoms. The van der Waals surface area contributed by atoms with E-state index in [1.165, 1.54) is 19.2 Å². The summed E-state index contributed by atoms with van der Waals surface area (Å²) in [4.78, 5) is 37.4. The maximum atomic E-state index is 14.6. The molecule has 10 nitrogen and oxygen atoms in total. The highest BCUT2D eigenvalue weighted by atomic mass is 32.1. The van der Waals surface area contributed by atoms with Crippen LogP contribution < -0.4 is 29.7 Å². The zero-order valence-corrected chi connectivity index (χ0v) is 23.3. The molecule has 2 N–H and O–H groups in total. The van der Waals surface area contributed by atoms with Gasteiger partial charge in [0.1, 0.15) is 29.3 Å². The molecule has 4 heterocycles. The smallest absolute Gasteiger partial charge is 0.258 e. The lowest BCUT2D eigenvalue weighted by Crippen LogP contribution is -2.57. The normalized spacial score (nSPS) is 19.4. The number of piperidine rings is 1. The Balaban J connectivity index is 1.36. The molecule has 2 atom stereocenters. The molecule has 2 aromatic heterocycles. The molecular formula is C29H28FN5O5S. The molecule has 0 radical (unpaired) electrons. The molecule has 12 heteroatoms. The first-order valence-electron chi connectivity index (χ1n) is 13.2. The lowest BCUT2D eigenvalue weighted by atomic mass is 10.0. The number of nitrogens with zero attached hydrogens (tertiary/aromatic N) is 3. The molecule has 2 aliphatic heterocycles. The second-order valence-electron chi connectivity index (χ2n) is 9.93. The van der Waals surface area contributed by atoms with Crippen molar-refractivity contribution in [1.82, 2.24) is 20.6 Å². The number of carbonyl (C=O) groups is 2. The van der Waals surface area contributed by atoms with Crippen molar-refractivity contribution in [3.05, 3.63) is 70.6 Å². The van der Waals surface area contributed by atoms with Gasteiger partial charge in [-0.3, -0.25) is 9.59 Å². The molecule has 0 aliphatic carbocycles. The summed E-state index contributed by atoms with van der Waals surface area (Å²) in [5, 5.41) is 7.83. The van der Waals surface area contributed by atoms with E-state index in [0.717, 1.165) is 16.0 Å². The van der Waals surface area contributed by atoms with Crippen LogP contribution in [0.25, 0.3) is 10.2 Å². The van der Waals surface area contributed by atoms with Crippen LogP contribution in [0.3, 0.4) is 0 Å². The van der Waals surface area contributed by atoms with Crippen LogP contribution in [0.5, 0.6) is 17.2 Å². The molecule has 41 heavy (non-hydrogen) atoms. The molecule has 4 aromatic rings. The summed E-state index contributed by atoms with van der Waals surface area (Å²) in [7, 11) is 1.48. The number of methoxy groups -OCH3 is 1. The largest absolute Gasteiger partial charge is 0.493 e. The summed E-state index contributed by atoms with van der Waals surface area (Å²) in [6.07, 6.45) is 0.0866. The standard InChI is InChI=1S/C29H28FN5O5S/c1-16-32-21-6-8-41-27(21)28(33-16)35-7-5-23-22(14-35)34-29(37)18-3-4-24(38-2)25(11-18)39-15-26(36)31-13-17-9-19(30)12-20(10-17)40-23/h3-4,6,8-12,22-23H,5,7,13-15H2,1-2H3,(H,31,36)(H,34,37)/t22-,23+/m0/s1. The molecule has 2 aliphatic rings. The third kappa shape index (κ3) is 5.73. The Kier molecular flexibility index (Phi) is 7.31. The minimum Gasteiger partial charge on any atom is -0.493 e. The first-order chi connectivity index (χ1) is 19.9. The van der Waals surface area contributed by atoms with Crippen molar-refractivity contribution in [2.75, 3.05) is 31.7 Å². The predicted molar refractivity (Wildman–Crippen MR) is 151 cm³/mol. The number of hydrogen-bond donors (Lipinski definition) is 2. The highest BCUT2D eigenvalue weighted by Gasteiger charge is 2.34. The number of halogens is 1. The van der Waals surface area contributed by atoms with Crippen molar-refractivity contribution >= 4 is 39.2 Å². The predicted octanol–water partition coefficient (Wildman–Crippen LogP) is 3.61. The molecule has 6 rings (SSSR count). The van der Waals surface area contributed by atoms with Gasteiger partial charge in [0.05, 0.1) is 23.4 Å². The molecule has 4 bridgehead atoms. The van der Waals surface area contributed by atoms with Crippen molar-refractivity contribution in [1.29, 1.82) is 0 Å². The van der Waals surface area contributed by atoms with Crippen LogP contribution in [0.2, 0.25) is 0 Å². The number of rotatable bonds is 2. The summed E-state index contributed by atoms with van der Waals surface area (Å²) in [6, 6.07) is 10.6. The summed E-state index contributed by atoms with van der Waals surface area (Å²) in [5.74, 6) is 1.18. The maximum Gasteiger partial charge on any atom is 0.258 e. The summed E-state index contributed by atoms with van der Waals surface area (Å²) in [6.45, 7) is 2.67. The van der Waals surface area contributed by atoms with Gasteiger partial charge in [0.2, 0.25) is 0 Å². The van der Waals surface area contributed by atoms with Gasteiger partial charge < -0.3 is 29.7 Å². The average molecular weight is 578 g/mol. The molecular weight excluding hydrogens is 549 g/mol. The van der Waals surface area contributed by atoms with Gasteiger partial charge in [0.25, 0.3) is 11.8 Å². The lowest BCUT2D eigenvalue weighted by Gasteiger charge is -2.39. The van der Waals surface area contributed by atoms with Gasteiger partial charge in [-0.2, -0.15) is 0 Å². The van der Waals surface area contributed by atoms with E-state index in [9.17, 15) is 14.0 Å². The fourth-order valence-corrected chi connectivity index (χ4v) is 5.97. The molecule has 0 unspecified atom stereocenters. The van der Waals surface area contributed by atoms with Crippen molar-refractivity contribution in [2.24, 2.45) is 0 Å². The van der Waals surface area contributed by atoms with Crippen molar-refractivity contribution < 1.29 is 28.2 Å². The number of ether oxygens (including phenoxy) is 3. The third-order valence-corrected chi connectivity index (χ3v) is 7.96. The van der Waals surface area contributed by atoms with Crippen LogP contribution in [0.15, 0.2) is 47.8 Å². The SMILES string of the molecule is COc1ccc2cc1OCC(=O)NCc1cc(F)cc(c1)O[C@@H]1CCN(c3nc(C)nc4ccsc34)C[C@@H]1NC2=O. The highest BCUT2D eigenvalue weighted by Crippen LogP contribution is 2.32. The van der Waals surface area contributed by atoms with Gasteiger partial charge in [-0.1, -0.05) is 0 Å². The second kappa shape index (κ2) is 11.2. The van der Waals surface area contributed by atoms with E-state index in [2.05, 4.69) is 20.5 Å². The fourth-order valence-electron chi connectivity index (χ4n) is 5.12. The molecule has 1 saturated heterocycles. The van der Waals surface area contributed by atoms with E-state index < -0.39 is 23.9 Å². The van der Waals surface area contributed by atoms with Gasteiger partial charge in [0.15, 0.2) is 18.1 Å². The van der Waals surface area contributed by atoms with Crippen LogP contribution in [-0.4, -0.2) is 60.7 Å². The van der Waals surface area contributed by atoms with Gasteiger partial charge in [-0.15, -0.1) is 11.3 Å². The quantitative estimate of drug-likeness (QED) is 0.372. The summed E-state index contributed by atoms with van der Waals surface area (Å²) < 4.78 is 32.9. The number of fused-ring (bicyclic) bond motifs is 6. The van der Waals surface area contributed by atoms with Gasteiger partial charge in [0, 0.05) is 37.7 Å². The Hall–Kier alpha value is -4.45. The van der Waals surface area contributed by atoms with Crippen molar-refractivity contribution in [3.63, 3.8) is 0 Å². The van der Waals surface area contributed by atoms with Crippen LogP contribution in [0.1, 0.15) is 28.2 Å². The number of benzene rings is 2. The number of carbonyl (C=O) groups excluding carboxylic acids is 2. The average Bonchev–Trinajstić information content (AvgIpc) is 3.43. The summed E-state index contributed by atoms with van der Waals surface area (Å²) in [5.41, 5.74) is 1.74. The Bertz CT molecular complexity index is 1630. The minimum absolute atomic E-state index is 0.0932. The van der Waals surface area contributed by atoms with Crippen molar-refractivity contribution in [2.45, 2.75) is 32.0 Å². The van der Waals surface area contributed by atoms with E-state index >= 15 is 0 Å². The van der Waals surface area contributed by atoms with Gasteiger partial charge in [-0.05, 0) is 54.3 Å². The van der Waals surface area contributed by atoms with Crippen LogP contribution in [0, 0.1) is 12.7 Å². The monoisotopic (exact) mass is 577 g/mol. The number of hydrogen-bond acceptors (Lipinski definition) is 9. The molecule has 2 aromatic carbocycles. The number of amides is 2. The van der Waals surface area contributed by atoms with E-state index in [0.29, 0.717) is 48.0 Å². The number of nitrogens with one attached hydrogen (secondary N) is 2. The van der Waals surface area contributed by atoms with E-state index in [1.54, 1.807) is 35.6 Å². The molecule has 212 valence electrons. The van der Waals surface area contributed by atoms with Crippen LogP contribution >= 0.6 is 11.3 Å². The second-order valence-corrected chi connectivity index (χ2v) is 10.8. The van der Waals surface area contributed by atoms with Gasteiger partial charge >= 0.3 is 0 Å². The van der Waals surface area contributed by atoms with E-state index in [4.69, 9.17) is 19.2 Å².